The van der Waals surface area contributed by atoms with Crippen LogP contribution in [0.1, 0.15) is 0 Å². The van der Waals surface area contributed by atoms with Gasteiger partial charge in [-0.2, -0.15) is 0 Å². The number of rotatable bonds is 7. The van der Waals surface area contributed by atoms with Crippen molar-refractivity contribution in [2.75, 3.05) is 0 Å². The highest BCUT2D eigenvalue weighted by atomic mass is 32.4. The fraction of sp³-hybridized carbons (Fsp3) is 0.429. The molecule has 0 saturated carbocycles. The minimum absolute atomic E-state index is 1.31. The molecule has 0 amide bonds. The van der Waals surface area contributed by atoms with Crippen molar-refractivity contribution in [1.29, 1.82) is 0 Å². The molecule has 0 radical (unpaired) electrons. The Balaban J connectivity index is 2.92. The van der Waals surface area contributed by atoms with Crippen molar-refractivity contribution >= 4 is 53.3 Å². The molecule has 0 fully saturated rings. The first kappa shape index (κ1) is 23.9. The summed E-state index contributed by atoms with van der Waals surface area (Å²) in [4.78, 5) is 0. The Bertz CT molecular complexity index is 767. The molecule has 0 N–H and O–H groups in total. The summed E-state index contributed by atoms with van der Waals surface area (Å²) >= 11 is 6.79. The minimum atomic E-state index is -2.18. The highest BCUT2D eigenvalue weighted by Crippen LogP contribution is 2.53. The van der Waals surface area contributed by atoms with E-state index in [-0.39, 0.29) is 0 Å². The van der Waals surface area contributed by atoms with Crippen molar-refractivity contribution in [2.45, 2.75) is 58.9 Å². The molecular formula is C21H37N2PSSi3. The van der Waals surface area contributed by atoms with Crippen LogP contribution in [0.15, 0.2) is 60.7 Å². The third kappa shape index (κ3) is 5.04. The second-order valence-corrected chi connectivity index (χ2v) is 29.6. The summed E-state index contributed by atoms with van der Waals surface area (Å²) in [7, 11) is -5.10. The maximum Gasteiger partial charge on any atom is 0.142 e. The van der Waals surface area contributed by atoms with Gasteiger partial charge in [0.1, 0.15) is 24.7 Å². The maximum atomic E-state index is 6.79. The molecule has 2 nitrogen and oxygen atoms in total. The van der Waals surface area contributed by atoms with E-state index < -0.39 is 30.9 Å². The molecule has 0 saturated heterocycles. The molecular weight excluding hydrogens is 428 g/mol. The van der Waals surface area contributed by atoms with E-state index in [1.807, 2.05) is 0 Å². The van der Waals surface area contributed by atoms with E-state index in [4.69, 9.17) is 11.8 Å². The lowest BCUT2D eigenvalue weighted by atomic mass is 10.4. The SMILES string of the molecule is C[Si](C)(C)N(N([Si](C)(C)C)P(=S)(c1ccccc1)c1ccccc1)[Si](C)(C)C. The quantitative estimate of drug-likeness (QED) is 0.279. The van der Waals surface area contributed by atoms with Crippen molar-refractivity contribution in [3.8, 4) is 0 Å². The van der Waals surface area contributed by atoms with Gasteiger partial charge in [0, 0.05) is 10.6 Å². The largest absolute Gasteiger partial charge is 0.286 e. The number of hydrogen-bond donors (Lipinski definition) is 0. The second-order valence-electron chi connectivity index (χ2n) is 10.4. The third-order valence-electron chi connectivity index (χ3n) is 4.54. The van der Waals surface area contributed by atoms with E-state index in [1.54, 1.807) is 0 Å². The number of hydrazine groups is 1. The van der Waals surface area contributed by atoms with Crippen molar-refractivity contribution in [3.05, 3.63) is 60.7 Å². The van der Waals surface area contributed by atoms with Gasteiger partial charge in [0.05, 0.1) is 6.19 Å². The summed E-state index contributed by atoms with van der Waals surface area (Å²) in [6.07, 6.45) is -2.18. The van der Waals surface area contributed by atoms with E-state index in [2.05, 4.69) is 128 Å². The molecule has 0 spiro atoms. The fourth-order valence-corrected chi connectivity index (χ4v) is 29.6. The zero-order valence-corrected chi connectivity index (χ0v) is 23.7. The zero-order chi connectivity index (χ0) is 21.4. The molecule has 2 rings (SSSR count). The Labute approximate surface area is 181 Å². The lowest BCUT2D eigenvalue weighted by molar-refractivity contribution is 0.385. The predicted molar refractivity (Wildman–Crippen MR) is 140 cm³/mol. The van der Waals surface area contributed by atoms with Gasteiger partial charge in [-0.25, -0.2) is 4.44 Å². The van der Waals surface area contributed by atoms with Gasteiger partial charge in [0.25, 0.3) is 0 Å². The van der Waals surface area contributed by atoms with Gasteiger partial charge in [-0.1, -0.05) is 131 Å². The van der Waals surface area contributed by atoms with Crippen LogP contribution in [0.2, 0.25) is 58.9 Å². The molecule has 0 aliphatic heterocycles. The van der Waals surface area contributed by atoms with Gasteiger partial charge >= 0.3 is 0 Å². The van der Waals surface area contributed by atoms with E-state index in [9.17, 15) is 0 Å². The molecule has 0 aliphatic carbocycles. The molecule has 154 valence electrons. The smallest absolute Gasteiger partial charge is 0.142 e. The first-order valence-corrected chi connectivity index (χ1v) is 23.1. The summed E-state index contributed by atoms with van der Waals surface area (Å²) in [5.74, 6) is 0. The molecule has 2 aromatic rings. The maximum absolute atomic E-state index is 6.79. The Morgan fingerprint density at radius 2 is 0.893 bits per heavy atom. The normalized spacial score (nSPS) is 14.0. The standard InChI is InChI=1S/C21H37N2PSSi3/c1-26(2,3)22(23(27(4,5)6)28(7,8)9)24(25,20-16-12-10-13-17-20)21-18-14-11-15-19-21/h10-19H,1-9H3. The summed E-state index contributed by atoms with van der Waals surface area (Å²) in [5.41, 5.74) is 0. The molecule has 0 aliphatic rings. The second kappa shape index (κ2) is 8.42. The number of nitrogens with zero attached hydrogens (tertiary/aromatic N) is 2. The monoisotopic (exact) mass is 464 g/mol. The van der Waals surface area contributed by atoms with Gasteiger partial charge in [-0.05, 0) is 0 Å². The highest BCUT2D eigenvalue weighted by Gasteiger charge is 2.49. The third-order valence-corrected chi connectivity index (χ3v) is 21.2. The summed E-state index contributed by atoms with van der Waals surface area (Å²) in [6, 6.07) is 21.8. The van der Waals surface area contributed by atoms with Crippen LogP contribution in [0.5, 0.6) is 0 Å². The lowest BCUT2D eigenvalue weighted by Gasteiger charge is -2.58. The van der Waals surface area contributed by atoms with Crippen LogP contribution in [0.4, 0.5) is 0 Å². The number of hydrogen-bond acceptors (Lipinski definition) is 2. The van der Waals surface area contributed by atoms with Crippen LogP contribution in [-0.4, -0.2) is 33.5 Å². The van der Waals surface area contributed by atoms with Crippen LogP contribution in [0.25, 0.3) is 0 Å². The fourth-order valence-electron chi connectivity index (χ4n) is 4.05. The van der Waals surface area contributed by atoms with E-state index in [0.29, 0.717) is 0 Å². The molecule has 2 aromatic carbocycles. The minimum Gasteiger partial charge on any atom is -0.286 e. The van der Waals surface area contributed by atoms with Crippen molar-refractivity contribution in [1.82, 2.24) is 8.79 Å². The first-order chi connectivity index (χ1) is 12.7. The van der Waals surface area contributed by atoms with Crippen molar-refractivity contribution in [2.24, 2.45) is 0 Å². The Hall–Kier alpha value is -0.339. The van der Waals surface area contributed by atoms with E-state index in [1.165, 1.54) is 10.6 Å². The Morgan fingerprint density at radius 1 is 0.571 bits per heavy atom. The molecule has 0 atom stereocenters. The van der Waals surface area contributed by atoms with Crippen molar-refractivity contribution < 1.29 is 0 Å². The van der Waals surface area contributed by atoms with Crippen molar-refractivity contribution in [3.63, 3.8) is 0 Å². The van der Waals surface area contributed by atoms with Crippen LogP contribution in [-0.2, 0) is 11.8 Å². The Kier molecular flexibility index (Phi) is 7.20. The average Bonchev–Trinajstić information content (AvgIpc) is 2.57. The van der Waals surface area contributed by atoms with Gasteiger partial charge in [-0.15, -0.1) is 0 Å². The number of benzene rings is 2. The van der Waals surface area contributed by atoms with Gasteiger partial charge in [0.15, 0.2) is 0 Å². The molecule has 0 aromatic heterocycles. The van der Waals surface area contributed by atoms with Crippen LogP contribution in [0.3, 0.4) is 0 Å². The summed E-state index contributed by atoms with van der Waals surface area (Å²) in [5, 5.41) is 2.61. The summed E-state index contributed by atoms with van der Waals surface area (Å²) in [6.45, 7) is 22.3. The zero-order valence-electron chi connectivity index (χ0n) is 19.0. The lowest BCUT2D eigenvalue weighted by Crippen LogP contribution is -2.71. The first-order valence-electron chi connectivity index (χ1n) is 10.0. The van der Waals surface area contributed by atoms with E-state index >= 15 is 0 Å². The van der Waals surface area contributed by atoms with Crippen LogP contribution in [0, 0.1) is 0 Å². The predicted octanol–water partition coefficient (Wildman–Crippen LogP) is 6.06. The molecule has 28 heavy (non-hydrogen) atoms. The molecule has 0 heterocycles. The van der Waals surface area contributed by atoms with Crippen LogP contribution < -0.4 is 10.6 Å². The van der Waals surface area contributed by atoms with Gasteiger partial charge in [0.2, 0.25) is 0 Å². The molecule has 0 bridgehead atoms. The topological polar surface area (TPSA) is 6.48 Å². The van der Waals surface area contributed by atoms with E-state index in [0.717, 1.165) is 0 Å². The highest BCUT2D eigenvalue weighted by molar-refractivity contribution is 8.21. The van der Waals surface area contributed by atoms with Crippen LogP contribution >= 0.6 is 6.19 Å². The summed E-state index contributed by atoms with van der Waals surface area (Å²) < 4.78 is 5.67. The van der Waals surface area contributed by atoms with Gasteiger partial charge in [-0.3, -0.25) is 4.34 Å². The molecule has 0 unspecified atom stereocenters. The molecule has 7 heteroatoms. The Morgan fingerprint density at radius 3 is 1.14 bits per heavy atom. The average molecular weight is 465 g/mol. The van der Waals surface area contributed by atoms with Gasteiger partial charge < -0.3 is 0 Å².